The maximum Gasteiger partial charge on any atom is 0.243 e. The normalized spacial score (nSPS) is 17.9. The van der Waals surface area contributed by atoms with Crippen LogP contribution in [0.1, 0.15) is 12.0 Å². The summed E-state index contributed by atoms with van der Waals surface area (Å²) in [7, 11) is -1.92. The lowest BCUT2D eigenvalue weighted by Gasteiger charge is -2.26. The highest BCUT2D eigenvalue weighted by Gasteiger charge is 2.27. The number of imidazole rings is 1. The van der Waals surface area contributed by atoms with Crippen molar-refractivity contribution in [2.45, 2.75) is 28.8 Å². The highest BCUT2D eigenvalue weighted by Crippen LogP contribution is 2.30. The van der Waals surface area contributed by atoms with Crippen molar-refractivity contribution in [2.24, 2.45) is 0 Å². The van der Waals surface area contributed by atoms with E-state index >= 15 is 0 Å². The number of aryl methyl sites for hydroxylation is 1. The predicted molar refractivity (Wildman–Crippen MR) is 144 cm³/mol. The van der Waals surface area contributed by atoms with Gasteiger partial charge in [-0.2, -0.15) is 4.31 Å². The zero-order chi connectivity index (χ0) is 25.7. The van der Waals surface area contributed by atoms with Crippen LogP contribution in [0.2, 0.25) is 0 Å². The van der Waals surface area contributed by atoms with Crippen LogP contribution < -0.4 is 4.74 Å². The third-order valence-electron chi connectivity index (χ3n) is 6.75. The fourth-order valence-electron chi connectivity index (χ4n) is 4.70. The van der Waals surface area contributed by atoms with E-state index in [4.69, 9.17) is 19.2 Å². The van der Waals surface area contributed by atoms with Crippen LogP contribution >= 0.6 is 11.8 Å². The van der Waals surface area contributed by atoms with Crippen LogP contribution in [0, 0.1) is 0 Å². The van der Waals surface area contributed by atoms with Gasteiger partial charge in [-0.3, -0.25) is 4.90 Å². The summed E-state index contributed by atoms with van der Waals surface area (Å²) in [6.45, 7) is 6.89. The molecule has 0 radical (unpaired) electrons. The standard InChI is InChI=1S/C26H34N4O5S2/c1-33-22-5-2-4-21(18-22)20-36-26-27-24-19-23(37(31,32)29-12-16-35-17-13-29)6-7-25(24)30(26)9-3-8-28-10-14-34-15-11-28/h2,4-7,18-19H,3,8-17,20H2,1H3. The second-order valence-electron chi connectivity index (χ2n) is 9.16. The number of hydrogen-bond acceptors (Lipinski definition) is 8. The number of rotatable bonds is 10. The Balaban J connectivity index is 1.39. The zero-order valence-electron chi connectivity index (χ0n) is 21.2. The number of sulfonamides is 1. The lowest BCUT2D eigenvalue weighted by atomic mass is 10.2. The van der Waals surface area contributed by atoms with Gasteiger partial charge in [-0.15, -0.1) is 0 Å². The van der Waals surface area contributed by atoms with Gasteiger partial charge in [0.2, 0.25) is 10.0 Å². The van der Waals surface area contributed by atoms with Crippen molar-refractivity contribution in [1.82, 2.24) is 18.8 Å². The van der Waals surface area contributed by atoms with Gasteiger partial charge in [0.25, 0.3) is 0 Å². The summed E-state index contributed by atoms with van der Waals surface area (Å²) in [6.07, 6.45) is 0.978. The Morgan fingerprint density at radius 3 is 2.49 bits per heavy atom. The molecule has 1 aromatic heterocycles. The largest absolute Gasteiger partial charge is 0.497 e. The number of ether oxygens (including phenoxy) is 3. The van der Waals surface area contributed by atoms with E-state index in [0.717, 1.165) is 73.6 Å². The van der Waals surface area contributed by atoms with Crippen LogP contribution in [0.25, 0.3) is 11.0 Å². The van der Waals surface area contributed by atoms with Gasteiger partial charge >= 0.3 is 0 Å². The summed E-state index contributed by atoms with van der Waals surface area (Å²) in [5, 5.41) is 0.890. The van der Waals surface area contributed by atoms with E-state index in [-0.39, 0.29) is 4.90 Å². The van der Waals surface area contributed by atoms with E-state index in [1.807, 2.05) is 24.3 Å². The van der Waals surface area contributed by atoms with Crippen molar-refractivity contribution in [3.05, 3.63) is 48.0 Å². The minimum atomic E-state index is -3.59. The Kier molecular flexibility index (Phi) is 8.68. The summed E-state index contributed by atoms with van der Waals surface area (Å²) in [6, 6.07) is 13.4. The maximum absolute atomic E-state index is 13.2. The van der Waals surface area contributed by atoms with E-state index in [1.54, 1.807) is 31.0 Å². The van der Waals surface area contributed by atoms with Crippen molar-refractivity contribution in [1.29, 1.82) is 0 Å². The molecule has 2 fully saturated rings. The van der Waals surface area contributed by atoms with Crippen LogP contribution in [0.3, 0.4) is 0 Å². The van der Waals surface area contributed by atoms with Gasteiger partial charge in [-0.1, -0.05) is 23.9 Å². The number of aromatic nitrogens is 2. The zero-order valence-corrected chi connectivity index (χ0v) is 22.8. The first kappa shape index (κ1) is 26.5. The van der Waals surface area contributed by atoms with Gasteiger partial charge in [0.05, 0.1) is 49.5 Å². The van der Waals surface area contributed by atoms with Crippen LogP contribution in [0.4, 0.5) is 0 Å². The molecule has 0 amide bonds. The van der Waals surface area contributed by atoms with Crippen molar-refractivity contribution in [3.8, 4) is 5.75 Å². The monoisotopic (exact) mass is 546 g/mol. The summed E-state index contributed by atoms with van der Waals surface area (Å²) in [4.78, 5) is 7.62. The first-order chi connectivity index (χ1) is 18.0. The predicted octanol–water partition coefficient (Wildman–Crippen LogP) is 3.08. The second-order valence-corrected chi connectivity index (χ2v) is 12.0. The lowest BCUT2D eigenvalue weighted by molar-refractivity contribution is 0.0369. The molecule has 0 aliphatic carbocycles. The van der Waals surface area contributed by atoms with E-state index < -0.39 is 10.0 Å². The molecule has 9 nitrogen and oxygen atoms in total. The SMILES string of the molecule is COc1cccc(CSc2nc3cc(S(=O)(=O)N4CCOCC4)ccc3n2CCCN2CCOCC2)c1. The van der Waals surface area contributed by atoms with Gasteiger partial charge < -0.3 is 18.8 Å². The number of benzene rings is 2. The maximum atomic E-state index is 13.2. The molecule has 0 spiro atoms. The molecule has 0 unspecified atom stereocenters. The fourth-order valence-corrected chi connectivity index (χ4v) is 7.11. The lowest BCUT2D eigenvalue weighted by Crippen LogP contribution is -2.40. The molecule has 200 valence electrons. The molecule has 0 N–H and O–H groups in total. The van der Waals surface area contributed by atoms with Crippen molar-refractivity contribution in [3.63, 3.8) is 0 Å². The molecule has 3 aromatic rings. The Morgan fingerprint density at radius 1 is 0.973 bits per heavy atom. The first-order valence-corrected chi connectivity index (χ1v) is 15.1. The molecular weight excluding hydrogens is 512 g/mol. The molecule has 3 heterocycles. The van der Waals surface area contributed by atoms with E-state index in [0.29, 0.717) is 31.8 Å². The van der Waals surface area contributed by atoms with Gasteiger partial charge in [0.15, 0.2) is 5.16 Å². The van der Waals surface area contributed by atoms with Crippen LogP contribution in [-0.4, -0.2) is 93.4 Å². The van der Waals surface area contributed by atoms with E-state index in [2.05, 4.69) is 15.5 Å². The molecule has 2 aliphatic rings. The third-order valence-corrected chi connectivity index (χ3v) is 9.70. The first-order valence-electron chi connectivity index (χ1n) is 12.7. The third kappa shape index (κ3) is 6.30. The Morgan fingerprint density at radius 2 is 1.73 bits per heavy atom. The molecule has 5 rings (SSSR count). The quantitative estimate of drug-likeness (QED) is 0.359. The number of morpholine rings is 2. The van der Waals surface area contributed by atoms with Crippen molar-refractivity contribution >= 4 is 32.8 Å². The summed E-state index contributed by atoms with van der Waals surface area (Å²) in [5.41, 5.74) is 2.80. The minimum Gasteiger partial charge on any atom is -0.497 e. The van der Waals surface area contributed by atoms with Crippen LogP contribution in [0.5, 0.6) is 5.75 Å². The molecule has 37 heavy (non-hydrogen) atoms. The molecule has 11 heteroatoms. The Bertz CT molecular complexity index is 1300. The average Bonchev–Trinajstić information content (AvgIpc) is 3.29. The van der Waals surface area contributed by atoms with E-state index in [1.165, 1.54) is 4.31 Å². The molecule has 0 saturated carbocycles. The summed E-state index contributed by atoms with van der Waals surface area (Å²) in [5.74, 6) is 1.57. The molecule has 2 saturated heterocycles. The Labute approximate surface area is 222 Å². The molecule has 0 atom stereocenters. The van der Waals surface area contributed by atoms with Crippen molar-refractivity contribution in [2.75, 3.05) is 66.3 Å². The Hall–Kier alpha value is -2.15. The van der Waals surface area contributed by atoms with E-state index in [9.17, 15) is 8.42 Å². The van der Waals surface area contributed by atoms with Gasteiger partial charge in [0, 0.05) is 45.0 Å². The van der Waals surface area contributed by atoms with Gasteiger partial charge in [-0.05, 0) is 42.3 Å². The number of hydrogen-bond donors (Lipinski definition) is 0. The molecular formula is C26H34N4O5S2. The molecule has 2 aliphatic heterocycles. The minimum absolute atomic E-state index is 0.282. The summed E-state index contributed by atoms with van der Waals surface area (Å²) >= 11 is 1.66. The topological polar surface area (TPSA) is 86.1 Å². The molecule has 2 aromatic carbocycles. The highest BCUT2D eigenvalue weighted by molar-refractivity contribution is 7.98. The van der Waals surface area contributed by atoms with Gasteiger partial charge in [-0.25, -0.2) is 13.4 Å². The van der Waals surface area contributed by atoms with Crippen LogP contribution in [-0.2, 0) is 31.8 Å². The van der Waals surface area contributed by atoms with Crippen LogP contribution in [0.15, 0.2) is 52.5 Å². The molecule has 0 bridgehead atoms. The number of nitrogens with zero attached hydrogens (tertiary/aromatic N) is 4. The average molecular weight is 547 g/mol. The van der Waals surface area contributed by atoms with Gasteiger partial charge in [0.1, 0.15) is 5.75 Å². The number of thioether (sulfide) groups is 1. The fraction of sp³-hybridized carbons (Fsp3) is 0.500. The van der Waals surface area contributed by atoms with Crippen molar-refractivity contribution < 1.29 is 22.6 Å². The smallest absolute Gasteiger partial charge is 0.243 e. The summed E-state index contributed by atoms with van der Waals surface area (Å²) < 4.78 is 46.4. The second kappa shape index (κ2) is 12.1. The number of fused-ring (bicyclic) bond motifs is 1. The highest BCUT2D eigenvalue weighted by atomic mass is 32.2. The number of methoxy groups -OCH3 is 1.